The van der Waals surface area contributed by atoms with Crippen LogP contribution in [0.1, 0.15) is 33.6 Å². The van der Waals surface area contributed by atoms with Crippen LogP contribution in [0.15, 0.2) is 24.3 Å². The maximum Gasteiger partial charge on any atom is 0.410 e. The van der Waals surface area contributed by atoms with Gasteiger partial charge in [0.25, 0.3) is 0 Å². The number of aromatic nitrogens is 2. The number of carbonyl (C=O) groups excluding carboxylic acids is 1. The van der Waals surface area contributed by atoms with Crippen LogP contribution in [0, 0.1) is 0 Å². The van der Waals surface area contributed by atoms with E-state index >= 15 is 0 Å². The van der Waals surface area contributed by atoms with E-state index in [-0.39, 0.29) is 12.1 Å². The summed E-state index contributed by atoms with van der Waals surface area (Å²) in [5, 5.41) is 3.16. The van der Waals surface area contributed by atoms with Crippen molar-refractivity contribution in [3.63, 3.8) is 0 Å². The number of anilines is 2. The zero-order valence-corrected chi connectivity index (χ0v) is 16.8. The first kappa shape index (κ1) is 19.2. The molecule has 0 unspecified atom stereocenters. The number of nitrogens with one attached hydrogen (secondary N) is 1. The quantitative estimate of drug-likeness (QED) is 0.890. The van der Waals surface area contributed by atoms with Gasteiger partial charge in [0, 0.05) is 27.2 Å². The molecule has 0 bridgehead atoms. The molecule has 7 nitrogen and oxygen atoms in total. The van der Waals surface area contributed by atoms with Gasteiger partial charge in [0.2, 0.25) is 0 Å². The first-order chi connectivity index (χ1) is 12.8. The number of ether oxygens (including phenoxy) is 1. The van der Waals surface area contributed by atoms with E-state index in [1.807, 2.05) is 59.1 Å². The Hall–Kier alpha value is -2.57. The molecule has 1 amide bonds. The highest BCUT2D eigenvalue weighted by Gasteiger charge is 2.30. The van der Waals surface area contributed by atoms with Crippen LogP contribution < -0.4 is 10.2 Å². The fourth-order valence-electron chi connectivity index (χ4n) is 3.33. The number of rotatable bonds is 3. The number of likely N-dealkylation sites (N-methyl/N-ethyl adjacent to an activating group) is 1. The van der Waals surface area contributed by atoms with Gasteiger partial charge in [-0.15, -0.1) is 0 Å². The second-order valence-electron chi connectivity index (χ2n) is 7.97. The lowest BCUT2D eigenvalue weighted by Crippen LogP contribution is -2.50. The summed E-state index contributed by atoms with van der Waals surface area (Å²) in [6, 6.07) is 7.94. The molecule has 7 heteroatoms. The molecule has 1 atom stereocenters. The van der Waals surface area contributed by atoms with Crippen molar-refractivity contribution in [1.29, 1.82) is 0 Å². The third-order valence-corrected chi connectivity index (χ3v) is 4.71. The van der Waals surface area contributed by atoms with E-state index in [2.05, 4.69) is 10.2 Å². The van der Waals surface area contributed by atoms with Gasteiger partial charge in [-0.2, -0.15) is 0 Å². The van der Waals surface area contributed by atoms with Gasteiger partial charge in [-0.1, -0.05) is 12.1 Å². The lowest BCUT2D eigenvalue weighted by atomic mass is 10.0. The van der Waals surface area contributed by atoms with Crippen molar-refractivity contribution < 1.29 is 9.53 Å². The Morgan fingerprint density at radius 2 is 1.93 bits per heavy atom. The Kier molecular flexibility index (Phi) is 5.39. The first-order valence-electron chi connectivity index (χ1n) is 9.44. The van der Waals surface area contributed by atoms with Gasteiger partial charge in [0.05, 0.1) is 17.1 Å². The Bertz CT molecular complexity index is 818. The van der Waals surface area contributed by atoms with Crippen LogP contribution in [0.2, 0.25) is 0 Å². The average Bonchev–Trinajstić information content (AvgIpc) is 2.65. The fourth-order valence-corrected chi connectivity index (χ4v) is 3.33. The highest BCUT2D eigenvalue weighted by molar-refractivity contribution is 5.80. The predicted molar refractivity (Wildman–Crippen MR) is 108 cm³/mol. The number of para-hydroxylation sites is 2. The molecule has 1 aromatic heterocycles. The summed E-state index contributed by atoms with van der Waals surface area (Å²) in [5.74, 6) is 1.59. The smallest absolute Gasteiger partial charge is 0.410 e. The molecule has 1 aliphatic heterocycles. The summed E-state index contributed by atoms with van der Waals surface area (Å²) in [5.41, 5.74) is 1.24. The van der Waals surface area contributed by atoms with Crippen LogP contribution >= 0.6 is 0 Å². The summed E-state index contributed by atoms with van der Waals surface area (Å²) in [4.78, 5) is 25.9. The zero-order valence-electron chi connectivity index (χ0n) is 16.8. The van der Waals surface area contributed by atoms with Crippen molar-refractivity contribution in [2.24, 2.45) is 0 Å². The molecular weight excluding hydrogens is 342 g/mol. The highest BCUT2D eigenvalue weighted by atomic mass is 16.6. The van der Waals surface area contributed by atoms with Gasteiger partial charge in [-0.3, -0.25) is 0 Å². The SMILES string of the molecule is CNc1nc2ccccc2nc1N1CCC[C@H](N(C)C(=O)OC(C)(C)C)C1. The van der Waals surface area contributed by atoms with E-state index in [1.54, 1.807) is 4.90 Å². The van der Waals surface area contributed by atoms with Crippen LogP contribution in [-0.2, 0) is 4.74 Å². The van der Waals surface area contributed by atoms with E-state index in [9.17, 15) is 4.79 Å². The second-order valence-corrected chi connectivity index (χ2v) is 7.97. The number of hydrogen-bond acceptors (Lipinski definition) is 6. The molecule has 0 saturated carbocycles. The third kappa shape index (κ3) is 4.40. The van der Waals surface area contributed by atoms with E-state index in [0.717, 1.165) is 42.1 Å². The summed E-state index contributed by atoms with van der Waals surface area (Å²) < 4.78 is 5.52. The number of piperidine rings is 1. The zero-order chi connectivity index (χ0) is 19.6. The summed E-state index contributed by atoms with van der Waals surface area (Å²) >= 11 is 0. The molecule has 0 spiro atoms. The molecule has 1 fully saturated rings. The molecule has 2 heterocycles. The molecule has 146 valence electrons. The van der Waals surface area contributed by atoms with Crippen molar-refractivity contribution in [1.82, 2.24) is 14.9 Å². The van der Waals surface area contributed by atoms with Crippen molar-refractivity contribution in [3.05, 3.63) is 24.3 Å². The molecule has 1 saturated heterocycles. The van der Waals surface area contributed by atoms with Gasteiger partial charge in [-0.05, 0) is 45.7 Å². The molecule has 3 rings (SSSR count). The molecular formula is C20H29N5O2. The Balaban J connectivity index is 1.82. The van der Waals surface area contributed by atoms with E-state index in [4.69, 9.17) is 14.7 Å². The number of carbonyl (C=O) groups is 1. The van der Waals surface area contributed by atoms with Gasteiger partial charge in [-0.25, -0.2) is 14.8 Å². The van der Waals surface area contributed by atoms with Crippen molar-refractivity contribution >= 4 is 28.8 Å². The van der Waals surface area contributed by atoms with Gasteiger partial charge in [0.1, 0.15) is 5.60 Å². The molecule has 1 aromatic carbocycles. The van der Waals surface area contributed by atoms with Gasteiger partial charge < -0.3 is 19.9 Å². The summed E-state index contributed by atoms with van der Waals surface area (Å²) in [6.45, 7) is 7.25. The van der Waals surface area contributed by atoms with Crippen molar-refractivity contribution in [2.75, 3.05) is 37.4 Å². The maximum atomic E-state index is 12.4. The highest BCUT2D eigenvalue weighted by Crippen LogP contribution is 2.28. The van der Waals surface area contributed by atoms with Crippen LogP contribution in [0.5, 0.6) is 0 Å². The van der Waals surface area contributed by atoms with Crippen molar-refractivity contribution in [3.8, 4) is 0 Å². The molecule has 0 aliphatic carbocycles. The summed E-state index contributed by atoms with van der Waals surface area (Å²) in [7, 11) is 3.67. The minimum Gasteiger partial charge on any atom is -0.444 e. The molecule has 1 N–H and O–H groups in total. The standard InChI is InChI=1S/C20H29N5O2/c1-20(2,3)27-19(26)24(5)14-9-8-12-25(13-14)18-17(21-4)22-15-10-6-7-11-16(15)23-18/h6-7,10-11,14H,8-9,12-13H2,1-5H3,(H,21,22)/t14-/m0/s1. The topological polar surface area (TPSA) is 70.6 Å². The van der Waals surface area contributed by atoms with Gasteiger partial charge in [0.15, 0.2) is 11.6 Å². The minimum atomic E-state index is -0.497. The van der Waals surface area contributed by atoms with E-state index in [0.29, 0.717) is 6.54 Å². The fraction of sp³-hybridized carbons (Fsp3) is 0.550. The van der Waals surface area contributed by atoms with E-state index in [1.165, 1.54) is 0 Å². The maximum absolute atomic E-state index is 12.4. The monoisotopic (exact) mass is 371 g/mol. The molecule has 2 aromatic rings. The van der Waals surface area contributed by atoms with Gasteiger partial charge >= 0.3 is 6.09 Å². The first-order valence-corrected chi connectivity index (χ1v) is 9.44. The number of nitrogens with zero attached hydrogens (tertiary/aromatic N) is 4. The Labute approximate surface area is 160 Å². The Morgan fingerprint density at radius 1 is 1.26 bits per heavy atom. The molecule has 1 aliphatic rings. The van der Waals surface area contributed by atoms with E-state index < -0.39 is 5.60 Å². The Morgan fingerprint density at radius 3 is 2.56 bits per heavy atom. The predicted octanol–water partition coefficient (Wildman–Crippen LogP) is 3.51. The molecule has 0 radical (unpaired) electrons. The van der Waals surface area contributed by atoms with Crippen LogP contribution in [0.4, 0.5) is 16.4 Å². The number of fused-ring (bicyclic) bond motifs is 1. The number of hydrogen-bond donors (Lipinski definition) is 1. The van der Waals surface area contributed by atoms with Crippen molar-refractivity contribution in [2.45, 2.75) is 45.3 Å². The van der Waals surface area contributed by atoms with Crippen LogP contribution in [0.25, 0.3) is 11.0 Å². The largest absolute Gasteiger partial charge is 0.444 e. The second kappa shape index (κ2) is 7.58. The number of amides is 1. The average molecular weight is 371 g/mol. The normalized spacial score (nSPS) is 17.7. The van der Waals surface area contributed by atoms with Crippen LogP contribution in [-0.4, -0.2) is 59.8 Å². The lowest BCUT2D eigenvalue weighted by molar-refractivity contribution is 0.0209. The third-order valence-electron chi connectivity index (χ3n) is 4.71. The molecule has 27 heavy (non-hydrogen) atoms. The summed E-state index contributed by atoms with van der Waals surface area (Å²) in [6.07, 6.45) is 1.64. The lowest BCUT2D eigenvalue weighted by Gasteiger charge is -2.38. The number of benzene rings is 1. The van der Waals surface area contributed by atoms with Crippen LogP contribution in [0.3, 0.4) is 0 Å². The minimum absolute atomic E-state index is 0.0755.